The van der Waals surface area contributed by atoms with Crippen molar-refractivity contribution in [3.05, 3.63) is 41.2 Å². The van der Waals surface area contributed by atoms with E-state index in [1.54, 1.807) is 29.9 Å². The Hall–Kier alpha value is -2.39. The zero-order valence-corrected chi connectivity index (χ0v) is 18.7. The molecule has 1 aliphatic heterocycles. The molecular weight excluding hydrogens is 404 g/mol. The molecule has 30 heavy (non-hydrogen) atoms. The molecule has 1 amide bonds. The fraction of sp³-hybridized carbons (Fsp3) is 0.524. The molecule has 0 unspecified atom stereocenters. The molecule has 3 rings (SSSR count). The number of piperidine rings is 1. The lowest BCUT2D eigenvalue weighted by atomic mass is 10.2. The Labute approximate surface area is 178 Å². The van der Waals surface area contributed by atoms with Crippen LogP contribution < -0.4 is 10.1 Å². The summed E-state index contributed by atoms with van der Waals surface area (Å²) < 4.78 is 34.4. The van der Waals surface area contributed by atoms with Crippen LogP contribution in [0.4, 0.5) is 0 Å². The predicted octanol–water partition coefficient (Wildman–Crippen LogP) is 2.39. The molecule has 0 aliphatic carbocycles. The van der Waals surface area contributed by atoms with Gasteiger partial charge < -0.3 is 10.1 Å². The van der Waals surface area contributed by atoms with Gasteiger partial charge in [0.15, 0.2) is 0 Å². The molecule has 0 bridgehead atoms. The van der Waals surface area contributed by atoms with Gasteiger partial charge >= 0.3 is 0 Å². The first-order valence-corrected chi connectivity index (χ1v) is 11.7. The number of amides is 1. The molecule has 2 aromatic rings. The van der Waals surface area contributed by atoms with Gasteiger partial charge in [0.25, 0.3) is 0 Å². The van der Waals surface area contributed by atoms with E-state index in [2.05, 4.69) is 10.4 Å². The zero-order chi connectivity index (χ0) is 21.7. The molecule has 2 heterocycles. The summed E-state index contributed by atoms with van der Waals surface area (Å²) in [4.78, 5) is 12.5. The van der Waals surface area contributed by atoms with E-state index in [0.29, 0.717) is 37.6 Å². The summed E-state index contributed by atoms with van der Waals surface area (Å²) in [5.74, 6) is 0.656. The monoisotopic (exact) mass is 434 g/mol. The Morgan fingerprint density at radius 3 is 2.43 bits per heavy atom. The predicted molar refractivity (Wildman–Crippen MR) is 114 cm³/mol. The number of ether oxygens (including phenoxy) is 1. The van der Waals surface area contributed by atoms with Gasteiger partial charge in [0.05, 0.1) is 25.0 Å². The minimum absolute atomic E-state index is 0.112. The summed E-state index contributed by atoms with van der Waals surface area (Å²) in [5, 5.41) is 7.28. The molecule has 0 spiro atoms. The smallest absolute Gasteiger partial charge is 0.246 e. The molecule has 1 aromatic carbocycles. The van der Waals surface area contributed by atoms with Crippen LogP contribution in [0.5, 0.6) is 5.75 Å². The van der Waals surface area contributed by atoms with Crippen molar-refractivity contribution >= 4 is 15.9 Å². The number of aromatic nitrogens is 2. The summed E-state index contributed by atoms with van der Waals surface area (Å²) in [6.07, 6.45) is 3.07. The van der Waals surface area contributed by atoms with E-state index < -0.39 is 10.0 Å². The van der Waals surface area contributed by atoms with Crippen molar-refractivity contribution in [2.45, 2.75) is 57.5 Å². The van der Waals surface area contributed by atoms with Crippen molar-refractivity contribution in [2.75, 3.05) is 20.2 Å². The van der Waals surface area contributed by atoms with Gasteiger partial charge in [0, 0.05) is 26.1 Å². The number of aryl methyl sites for hydroxylation is 2. The van der Waals surface area contributed by atoms with Crippen LogP contribution in [0.3, 0.4) is 0 Å². The maximum atomic E-state index is 13.1. The van der Waals surface area contributed by atoms with E-state index in [0.717, 1.165) is 30.6 Å². The van der Waals surface area contributed by atoms with Crippen molar-refractivity contribution in [1.29, 1.82) is 0 Å². The van der Waals surface area contributed by atoms with Gasteiger partial charge in [-0.2, -0.15) is 9.40 Å². The number of carbonyl (C=O) groups excluding carboxylic acids is 1. The van der Waals surface area contributed by atoms with Crippen LogP contribution in [-0.4, -0.2) is 48.6 Å². The van der Waals surface area contributed by atoms with Gasteiger partial charge in [-0.3, -0.25) is 9.48 Å². The number of hydrogen-bond donors (Lipinski definition) is 1. The molecule has 1 aromatic heterocycles. The number of carbonyl (C=O) groups is 1. The maximum Gasteiger partial charge on any atom is 0.246 e. The normalized spacial score (nSPS) is 15.2. The van der Waals surface area contributed by atoms with Crippen molar-refractivity contribution in [3.8, 4) is 5.75 Å². The highest BCUT2D eigenvalue weighted by Crippen LogP contribution is 2.26. The molecule has 1 aliphatic rings. The van der Waals surface area contributed by atoms with Crippen molar-refractivity contribution < 1.29 is 17.9 Å². The van der Waals surface area contributed by atoms with Gasteiger partial charge in [-0.25, -0.2) is 8.42 Å². The second kappa shape index (κ2) is 9.61. The van der Waals surface area contributed by atoms with E-state index in [9.17, 15) is 13.2 Å². The van der Waals surface area contributed by atoms with Crippen molar-refractivity contribution in [2.24, 2.45) is 0 Å². The third-order valence-electron chi connectivity index (χ3n) is 5.43. The lowest BCUT2D eigenvalue weighted by molar-refractivity contribution is -0.121. The summed E-state index contributed by atoms with van der Waals surface area (Å²) >= 11 is 0. The van der Waals surface area contributed by atoms with Gasteiger partial charge in [-0.15, -0.1) is 0 Å². The van der Waals surface area contributed by atoms with Gasteiger partial charge in [0.2, 0.25) is 15.9 Å². The van der Waals surface area contributed by atoms with E-state index in [-0.39, 0.29) is 17.2 Å². The minimum Gasteiger partial charge on any atom is -0.497 e. The molecule has 164 valence electrons. The Morgan fingerprint density at radius 2 is 1.80 bits per heavy atom. The first kappa shape index (κ1) is 22.3. The standard InChI is InChI=1S/C21H30N4O4S/c1-16-21(30(27,28)24-12-5-4-6-13-24)17(2)25(23-16)14-11-20(26)22-15-18-7-9-19(29-3)10-8-18/h7-10H,4-6,11-15H2,1-3H3,(H,22,26). The summed E-state index contributed by atoms with van der Waals surface area (Å²) in [7, 11) is -1.94. The number of nitrogens with zero attached hydrogens (tertiary/aromatic N) is 3. The number of sulfonamides is 1. The summed E-state index contributed by atoms with van der Waals surface area (Å²) in [5.41, 5.74) is 2.04. The molecule has 9 heteroatoms. The van der Waals surface area contributed by atoms with Crippen LogP contribution in [-0.2, 0) is 27.9 Å². The average molecular weight is 435 g/mol. The zero-order valence-electron chi connectivity index (χ0n) is 17.8. The Bertz CT molecular complexity index is 977. The molecular formula is C21H30N4O4S. The quantitative estimate of drug-likeness (QED) is 0.689. The number of hydrogen-bond acceptors (Lipinski definition) is 5. The summed E-state index contributed by atoms with van der Waals surface area (Å²) in [6.45, 7) is 5.33. The lowest BCUT2D eigenvalue weighted by Gasteiger charge is -2.26. The second-order valence-electron chi connectivity index (χ2n) is 7.56. The Kier molecular flexibility index (Phi) is 7.14. The van der Waals surface area contributed by atoms with Crippen molar-refractivity contribution in [3.63, 3.8) is 0 Å². The molecule has 1 saturated heterocycles. The van der Waals surface area contributed by atoms with Gasteiger partial charge in [0.1, 0.15) is 10.6 Å². The summed E-state index contributed by atoms with van der Waals surface area (Å²) in [6, 6.07) is 7.50. The molecule has 0 saturated carbocycles. The first-order valence-electron chi connectivity index (χ1n) is 10.3. The first-order chi connectivity index (χ1) is 14.3. The van der Waals surface area contributed by atoms with E-state index in [4.69, 9.17) is 4.74 Å². The molecule has 1 fully saturated rings. The van der Waals surface area contributed by atoms with Crippen LogP contribution in [0.2, 0.25) is 0 Å². The third-order valence-corrected chi connectivity index (χ3v) is 7.58. The van der Waals surface area contributed by atoms with Crippen LogP contribution in [0.25, 0.3) is 0 Å². The largest absolute Gasteiger partial charge is 0.497 e. The van der Waals surface area contributed by atoms with Gasteiger partial charge in [-0.1, -0.05) is 18.6 Å². The van der Waals surface area contributed by atoms with E-state index in [1.807, 2.05) is 24.3 Å². The SMILES string of the molecule is COc1ccc(CNC(=O)CCn2nc(C)c(S(=O)(=O)N3CCCCC3)c2C)cc1. The lowest BCUT2D eigenvalue weighted by Crippen LogP contribution is -2.36. The van der Waals surface area contributed by atoms with Gasteiger partial charge in [-0.05, 0) is 44.4 Å². The highest BCUT2D eigenvalue weighted by atomic mass is 32.2. The van der Waals surface area contributed by atoms with Crippen LogP contribution in [0.1, 0.15) is 42.6 Å². The minimum atomic E-state index is -3.55. The topological polar surface area (TPSA) is 93.5 Å². The highest BCUT2D eigenvalue weighted by molar-refractivity contribution is 7.89. The number of benzene rings is 1. The van der Waals surface area contributed by atoms with E-state index >= 15 is 0 Å². The maximum absolute atomic E-state index is 13.1. The van der Waals surface area contributed by atoms with Crippen LogP contribution in [0.15, 0.2) is 29.2 Å². The fourth-order valence-corrected chi connectivity index (χ4v) is 5.64. The fourth-order valence-electron chi connectivity index (χ4n) is 3.75. The second-order valence-corrected chi connectivity index (χ2v) is 9.44. The molecule has 0 radical (unpaired) electrons. The molecule has 0 atom stereocenters. The van der Waals surface area contributed by atoms with E-state index in [1.165, 1.54) is 0 Å². The molecule has 8 nitrogen and oxygen atoms in total. The number of methoxy groups -OCH3 is 1. The average Bonchev–Trinajstić information content (AvgIpc) is 3.05. The molecule has 1 N–H and O–H groups in total. The highest BCUT2D eigenvalue weighted by Gasteiger charge is 2.31. The number of nitrogens with one attached hydrogen (secondary N) is 1. The number of rotatable bonds is 8. The Morgan fingerprint density at radius 1 is 1.13 bits per heavy atom. The Balaban J connectivity index is 1.60. The third kappa shape index (κ3) is 5.02. The van der Waals surface area contributed by atoms with Crippen LogP contribution in [0, 0.1) is 13.8 Å². The van der Waals surface area contributed by atoms with Crippen molar-refractivity contribution in [1.82, 2.24) is 19.4 Å². The van der Waals surface area contributed by atoms with Crippen LogP contribution >= 0.6 is 0 Å².